The average Bonchev–Trinajstić information content (AvgIpc) is 2.86. The topological polar surface area (TPSA) is 26.3 Å². The van der Waals surface area contributed by atoms with E-state index in [1.54, 1.807) is 0 Å². The van der Waals surface area contributed by atoms with Gasteiger partial charge in [-0.1, -0.05) is 142 Å². The van der Waals surface area contributed by atoms with Gasteiger partial charge in [0.1, 0.15) is 5.75 Å². The molecule has 0 aromatic heterocycles. The van der Waals surface area contributed by atoms with Gasteiger partial charge in [0.15, 0.2) is 0 Å². The van der Waals surface area contributed by atoms with E-state index < -0.39 is 0 Å². The maximum absolute atomic E-state index is 13.3. The number of esters is 1. The zero-order valence-electron chi connectivity index (χ0n) is 24.0. The first-order valence-corrected chi connectivity index (χ1v) is 15.4. The van der Waals surface area contributed by atoms with Gasteiger partial charge in [-0.05, 0) is 50.3 Å². The Morgan fingerprint density at radius 1 is 0.600 bits per heavy atom. The molecule has 0 bridgehead atoms. The molecule has 1 aromatic rings. The van der Waals surface area contributed by atoms with E-state index in [9.17, 15) is 4.79 Å². The molecule has 1 atom stereocenters. The zero-order valence-corrected chi connectivity index (χ0v) is 24.0. The molecule has 0 saturated heterocycles. The number of aryl methyl sites for hydroxylation is 1. The fourth-order valence-electron chi connectivity index (χ4n) is 4.98. The van der Waals surface area contributed by atoms with Crippen molar-refractivity contribution in [2.45, 2.75) is 163 Å². The summed E-state index contributed by atoms with van der Waals surface area (Å²) in [6.07, 6.45) is 26.1. The van der Waals surface area contributed by atoms with E-state index in [1.807, 2.05) is 12.1 Å². The van der Waals surface area contributed by atoms with E-state index in [0.29, 0.717) is 5.75 Å². The van der Waals surface area contributed by atoms with Crippen molar-refractivity contribution < 1.29 is 9.53 Å². The highest BCUT2D eigenvalue weighted by Gasteiger charge is 2.34. The molecule has 0 saturated carbocycles. The quantitative estimate of drug-likeness (QED) is 0.0873. The van der Waals surface area contributed by atoms with Crippen LogP contribution < -0.4 is 4.74 Å². The van der Waals surface area contributed by atoms with Gasteiger partial charge in [0.2, 0.25) is 0 Å². The summed E-state index contributed by atoms with van der Waals surface area (Å²) in [5.74, 6) is 0.683. The number of carbonyl (C=O) groups is 1. The molecular weight excluding hydrogens is 428 g/mol. The minimum Gasteiger partial charge on any atom is -0.426 e. The smallest absolute Gasteiger partial charge is 0.317 e. The highest BCUT2D eigenvalue weighted by Crippen LogP contribution is 2.34. The molecule has 0 radical (unpaired) electrons. The molecule has 0 spiro atoms. The summed E-state index contributed by atoms with van der Waals surface area (Å²) >= 11 is 0. The summed E-state index contributed by atoms with van der Waals surface area (Å²) in [6.45, 7) is 8.94. The van der Waals surface area contributed by atoms with Crippen molar-refractivity contribution in [2.24, 2.45) is 5.41 Å². The predicted octanol–water partition coefficient (Wildman–Crippen LogP) is 11.0. The van der Waals surface area contributed by atoms with Crippen LogP contribution in [0.25, 0.3) is 0 Å². The molecule has 2 nitrogen and oxygen atoms in total. The Morgan fingerprint density at radius 2 is 1.00 bits per heavy atom. The van der Waals surface area contributed by atoms with Crippen molar-refractivity contribution in [3.8, 4) is 5.75 Å². The van der Waals surface area contributed by atoms with Gasteiger partial charge >= 0.3 is 5.97 Å². The van der Waals surface area contributed by atoms with Crippen molar-refractivity contribution in [3.63, 3.8) is 0 Å². The van der Waals surface area contributed by atoms with Gasteiger partial charge in [-0.3, -0.25) is 4.79 Å². The standard InChI is InChI=1S/C33H58O2/c1-5-8-11-14-16-17-19-22-29-33(4,28-21-18-15-12-9-6-2)32(34)35-31-26-24-30(25-27-31)23-20-13-10-7-3/h24-27H,5-23,28-29H2,1-4H3. The Hall–Kier alpha value is -1.31. The molecule has 202 valence electrons. The second-order valence-corrected chi connectivity index (χ2v) is 11.1. The van der Waals surface area contributed by atoms with Crippen molar-refractivity contribution in [1.29, 1.82) is 0 Å². The highest BCUT2D eigenvalue weighted by atomic mass is 16.5. The summed E-state index contributed by atoms with van der Waals surface area (Å²) < 4.78 is 5.96. The van der Waals surface area contributed by atoms with Crippen LogP contribution in [-0.4, -0.2) is 5.97 Å². The number of hydrogen-bond donors (Lipinski definition) is 0. The summed E-state index contributed by atoms with van der Waals surface area (Å²) in [4.78, 5) is 13.3. The van der Waals surface area contributed by atoms with Gasteiger partial charge in [0.25, 0.3) is 0 Å². The minimum absolute atomic E-state index is 0.0234. The van der Waals surface area contributed by atoms with E-state index >= 15 is 0 Å². The van der Waals surface area contributed by atoms with Crippen LogP contribution in [0.2, 0.25) is 0 Å². The molecule has 0 aliphatic rings. The number of benzene rings is 1. The Bertz CT molecular complexity index is 620. The fraction of sp³-hybridized carbons (Fsp3) is 0.788. The van der Waals surface area contributed by atoms with Gasteiger partial charge in [-0.25, -0.2) is 0 Å². The summed E-state index contributed by atoms with van der Waals surface area (Å²) in [6, 6.07) is 8.26. The molecule has 1 unspecified atom stereocenters. The molecule has 0 N–H and O–H groups in total. The van der Waals surface area contributed by atoms with Crippen LogP contribution in [0.1, 0.15) is 162 Å². The van der Waals surface area contributed by atoms with Crippen LogP contribution in [0.15, 0.2) is 24.3 Å². The molecule has 1 rings (SSSR count). The summed E-state index contributed by atoms with van der Waals surface area (Å²) in [5, 5.41) is 0. The normalized spacial score (nSPS) is 13.0. The number of hydrogen-bond acceptors (Lipinski definition) is 2. The molecule has 1 aromatic carbocycles. The Kier molecular flexibility index (Phi) is 18.9. The van der Waals surface area contributed by atoms with Crippen molar-refractivity contribution in [1.82, 2.24) is 0 Å². The number of carbonyl (C=O) groups excluding carboxylic acids is 1. The monoisotopic (exact) mass is 486 g/mol. The maximum atomic E-state index is 13.3. The Morgan fingerprint density at radius 3 is 1.46 bits per heavy atom. The SMILES string of the molecule is CCCCCCCCCCC(C)(CCCCCCCC)C(=O)Oc1ccc(CCCCCC)cc1. The molecule has 0 fully saturated rings. The third-order valence-corrected chi connectivity index (χ3v) is 7.61. The average molecular weight is 487 g/mol. The maximum Gasteiger partial charge on any atom is 0.317 e. The van der Waals surface area contributed by atoms with Gasteiger partial charge in [-0.2, -0.15) is 0 Å². The first kappa shape index (κ1) is 31.7. The minimum atomic E-state index is -0.369. The molecule has 0 amide bonds. The first-order chi connectivity index (χ1) is 17.1. The largest absolute Gasteiger partial charge is 0.426 e. The van der Waals surface area contributed by atoms with Crippen molar-refractivity contribution in [3.05, 3.63) is 29.8 Å². The van der Waals surface area contributed by atoms with Crippen molar-refractivity contribution >= 4 is 5.97 Å². The van der Waals surface area contributed by atoms with Crippen LogP contribution in [0.3, 0.4) is 0 Å². The van der Waals surface area contributed by atoms with E-state index in [1.165, 1.54) is 108 Å². The van der Waals surface area contributed by atoms with E-state index in [2.05, 4.69) is 39.8 Å². The first-order valence-electron chi connectivity index (χ1n) is 15.4. The fourth-order valence-corrected chi connectivity index (χ4v) is 4.98. The second kappa shape index (κ2) is 20.8. The van der Waals surface area contributed by atoms with Gasteiger partial charge in [0.05, 0.1) is 5.41 Å². The lowest BCUT2D eigenvalue weighted by Gasteiger charge is -2.27. The van der Waals surface area contributed by atoms with Crippen LogP contribution in [-0.2, 0) is 11.2 Å². The lowest BCUT2D eigenvalue weighted by Crippen LogP contribution is -2.32. The number of ether oxygens (including phenoxy) is 1. The highest BCUT2D eigenvalue weighted by molar-refractivity contribution is 5.78. The van der Waals surface area contributed by atoms with Gasteiger partial charge < -0.3 is 4.74 Å². The molecule has 2 heteroatoms. The van der Waals surface area contributed by atoms with Crippen LogP contribution >= 0.6 is 0 Å². The van der Waals surface area contributed by atoms with E-state index in [0.717, 1.165) is 32.1 Å². The van der Waals surface area contributed by atoms with E-state index in [-0.39, 0.29) is 11.4 Å². The predicted molar refractivity (Wildman–Crippen MR) is 153 cm³/mol. The van der Waals surface area contributed by atoms with Gasteiger partial charge in [-0.15, -0.1) is 0 Å². The second-order valence-electron chi connectivity index (χ2n) is 11.1. The number of rotatable bonds is 23. The summed E-state index contributed by atoms with van der Waals surface area (Å²) in [7, 11) is 0. The molecule has 0 heterocycles. The Labute approximate surface area is 219 Å². The molecular formula is C33H58O2. The lowest BCUT2D eigenvalue weighted by molar-refractivity contribution is -0.146. The van der Waals surface area contributed by atoms with Crippen LogP contribution in [0.5, 0.6) is 5.75 Å². The summed E-state index contributed by atoms with van der Waals surface area (Å²) in [5.41, 5.74) is 0.973. The molecule has 0 aliphatic heterocycles. The third kappa shape index (κ3) is 15.4. The van der Waals surface area contributed by atoms with Crippen LogP contribution in [0.4, 0.5) is 0 Å². The van der Waals surface area contributed by atoms with Crippen molar-refractivity contribution in [2.75, 3.05) is 0 Å². The zero-order chi connectivity index (χ0) is 25.6. The third-order valence-electron chi connectivity index (χ3n) is 7.61. The molecule has 35 heavy (non-hydrogen) atoms. The number of unbranched alkanes of at least 4 members (excludes halogenated alkanes) is 15. The Balaban J connectivity index is 2.56. The lowest BCUT2D eigenvalue weighted by atomic mass is 9.79. The molecule has 0 aliphatic carbocycles. The van der Waals surface area contributed by atoms with Gasteiger partial charge in [0, 0.05) is 0 Å². The van der Waals surface area contributed by atoms with Crippen LogP contribution in [0, 0.1) is 5.41 Å². The van der Waals surface area contributed by atoms with E-state index in [4.69, 9.17) is 4.74 Å².